The number of nitrogens with zero attached hydrogens (tertiary/aromatic N) is 5. The summed E-state index contributed by atoms with van der Waals surface area (Å²) in [4.78, 5) is 21.8. The second kappa shape index (κ2) is 9.65. The molecule has 6 aromatic rings. The summed E-state index contributed by atoms with van der Waals surface area (Å²) in [5.74, 6) is 0.765. The average molecular weight is 528 g/mol. The first kappa shape index (κ1) is 23.5. The maximum absolute atomic E-state index is 5.16. The van der Waals surface area contributed by atoms with Crippen molar-refractivity contribution in [2.45, 2.75) is 12.5 Å². The molecule has 1 atom stereocenters. The van der Waals surface area contributed by atoms with Gasteiger partial charge in [0.1, 0.15) is 6.33 Å². The van der Waals surface area contributed by atoms with Gasteiger partial charge in [-0.05, 0) is 46.8 Å². The van der Waals surface area contributed by atoms with E-state index in [9.17, 15) is 0 Å². The first-order valence-electron chi connectivity index (χ1n) is 13.8. The summed E-state index contributed by atoms with van der Waals surface area (Å²) in [5, 5.41) is 2.34. The normalized spacial score (nSPS) is 15.7. The minimum Gasteiger partial charge on any atom is -0.306 e. The lowest BCUT2D eigenvalue weighted by molar-refractivity contribution is 0.753. The molecule has 5 nitrogen and oxygen atoms in total. The van der Waals surface area contributed by atoms with Gasteiger partial charge in [0.15, 0.2) is 5.84 Å². The molecule has 1 unspecified atom stereocenters. The van der Waals surface area contributed by atoms with Crippen LogP contribution in [0.25, 0.3) is 22.0 Å². The molecule has 1 aromatic heterocycles. The molecule has 194 valence electrons. The van der Waals surface area contributed by atoms with E-state index in [-0.39, 0.29) is 6.04 Å². The molecule has 5 aromatic carbocycles. The van der Waals surface area contributed by atoms with Gasteiger partial charge in [-0.3, -0.25) is 4.99 Å². The van der Waals surface area contributed by atoms with Crippen LogP contribution in [-0.2, 0) is 0 Å². The number of fused-ring (bicyclic) bond motifs is 2. The Morgan fingerprint density at radius 2 is 1.44 bits per heavy atom. The molecular weight excluding hydrogens is 502 g/mol. The number of para-hydroxylation sites is 1. The van der Waals surface area contributed by atoms with Gasteiger partial charge in [-0.25, -0.2) is 15.0 Å². The second-order valence-electron chi connectivity index (χ2n) is 10.3. The molecule has 0 radical (unpaired) electrons. The van der Waals surface area contributed by atoms with Crippen LogP contribution in [0.4, 0.5) is 17.1 Å². The molecule has 0 amide bonds. The summed E-state index contributed by atoms with van der Waals surface area (Å²) >= 11 is 0. The van der Waals surface area contributed by atoms with Crippen LogP contribution in [0, 0.1) is 0 Å². The Bertz CT molecular complexity index is 1960. The highest BCUT2D eigenvalue weighted by atomic mass is 15.2. The predicted molar refractivity (Wildman–Crippen MR) is 167 cm³/mol. The lowest BCUT2D eigenvalue weighted by Crippen LogP contribution is -2.19. The van der Waals surface area contributed by atoms with Crippen LogP contribution in [0.15, 0.2) is 144 Å². The third-order valence-electron chi connectivity index (χ3n) is 7.85. The summed E-state index contributed by atoms with van der Waals surface area (Å²) in [6.45, 7) is 0. The van der Waals surface area contributed by atoms with E-state index < -0.39 is 0 Å². The first-order chi connectivity index (χ1) is 20.3. The summed E-state index contributed by atoms with van der Waals surface area (Å²) < 4.78 is 0. The van der Waals surface area contributed by atoms with Crippen molar-refractivity contribution in [2.75, 3.05) is 4.90 Å². The van der Waals surface area contributed by atoms with Crippen LogP contribution < -0.4 is 4.90 Å². The van der Waals surface area contributed by atoms with Gasteiger partial charge in [-0.1, -0.05) is 91.0 Å². The summed E-state index contributed by atoms with van der Waals surface area (Å²) in [6.07, 6.45) is 4.27. The van der Waals surface area contributed by atoms with E-state index in [1.165, 1.54) is 10.9 Å². The summed E-state index contributed by atoms with van der Waals surface area (Å²) in [6, 6.07) is 42.2. The molecule has 5 heteroatoms. The van der Waals surface area contributed by atoms with Crippen LogP contribution in [-0.4, -0.2) is 21.5 Å². The fraction of sp³-hybridized carbons (Fsp3) is 0.0556. The molecule has 3 heterocycles. The Morgan fingerprint density at radius 3 is 2.24 bits per heavy atom. The third-order valence-corrected chi connectivity index (χ3v) is 7.85. The highest BCUT2D eigenvalue weighted by Gasteiger charge is 2.29. The maximum atomic E-state index is 5.16. The number of hydrogen-bond donors (Lipinski definition) is 0. The number of hydrogen-bond acceptors (Lipinski definition) is 5. The smallest absolute Gasteiger partial charge is 0.155 e. The van der Waals surface area contributed by atoms with Gasteiger partial charge in [0.25, 0.3) is 0 Å². The van der Waals surface area contributed by atoms with Crippen molar-refractivity contribution in [3.63, 3.8) is 0 Å². The Labute approximate surface area is 238 Å². The Kier molecular flexibility index (Phi) is 5.52. The van der Waals surface area contributed by atoms with Crippen molar-refractivity contribution in [3.05, 3.63) is 151 Å². The zero-order valence-corrected chi connectivity index (χ0v) is 22.2. The molecule has 41 heavy (non-hydrogen) atoms. The maximum Gasteiger partial charge on any atom is 0.155 e. The van der Waals surface area contributed by atoms with Crippen molar-refractivity contribution in [3.8, 4) is 11.3 Å². The number of rotatable bonds is 4. The molecule has 0 spiro atoms. The zero-order chi connectivity index (χ0) is 27.2. The second-order valence-corrected chi connectivity index (χ2v) is 10.3. The molecule has 2 aliphatic heterocycles. The largest absolute Gasteiger partial charge is 0.306 e. The Balaban J connectivity index is 1.33. The van der Waals surface area contributed by atoms with Crippen molar-refractivity contribution in [1.82, 2.24) is 9.97 Å². The quantitative estimate of drug-likeness (QED) is 0.231. The molecule has 0 N–H and O–H groups in total. The SMILES string of the molecule is c1ccc(C2=NC(c3ccccc3)CC(c3cc4c5c(cccc5c3)N(c3ccccc3)c3cncnc3-4)=N2)cc1. The van der Waals surface area contributed by atoms with Gasteiger partial charge in [-0.2, -0.15) is 0 Å². The van der Waals surface area contributed by atoms with E-state index in [1.807, 2.05) is 36.5 Å². The number of anilines is 3. The van der Waals surface area contributed by atoms with E-state index >= 15 is 0 Å². The summed E-state index contributed by atoms with van der Waals surface area (Å²) in [7, 11) is 0. The minimum absolute atomic E-state index is 0.0134. The molecular formula is C36H25N5. The first-order valence-corrected chi connectivity index (χ1v) is 13.8. The average Bonchev–Trinajstić information content (AvgIpc) is 3.06. The van der Waals surface area contributed by atoms with Crippen LogP contribution in [0.1, 0.15) is 29.2 Å². The van der Waals surface area contributed by atoms with Crippen LogP contribution in [0.5, 0.6) is 0 Å². The molecule has 0 saturated carbocycles. The van der Waals surface area contributed by atoms with Crippen LogP contribution in [0.3, 0.4) is 0 Å². The van der Waals surface area contributed by atoms with E-state index in [1.54, 1.807) is 6.33 Å². The van der Waals surface area contributed by atoms with E-state index in [4.69, 9.17) is 15.0 Å². The van der Waals surface area contributed by atoms with Crippen LogP contribution in [0.2, 0.25) is 0 Å². The van der Waals surface area contributed by atoms with Gasteiger partial charge >= 0.3 is 0 Å². The van der Waals surface area contributed by atoms with Gasteiger partial charge in [0.05, 0.1) is 35.0 Å². The lowest BCUT2D eigenvalue weighted by atomic mass is 9.89. The minimum atomic E-state index is -0.0134. The van der Waals surface area contributed by atoms with Gasteiger partial charge < -0.3 is 4.90 Å². The third kappa shape index (κ3) is 4.02. The summed E-state index contributed by atoms with van der Waals surface area (Å²) in [5.41, 5.74) is 9.51. The number of aliphatic imine (C=N–C) groups is 2. The highest BCUT2D eigenvalue weighted by Crippen LogP contribution is 2.50. The number of benzene rings is 5. The van der Waals surface area contributed by atoms with Crippen molar-refractivity contribution < 1.29 is 0 Å². The lowest BCUT2D eigenvalue weighted by Gasteiger charge is -2.32. The van der Waals surface area contributed by atoms with Crippen molar-refractivity contribution >= 4 is 39.4 Å². The zero-order valence-electron chi connectivity index (χ0n) is 22.2. The van der Waals surface area contributed by atoms with E-state index in [0.717, 1.165) is 62.8 Å². The van der Waals surface area contributed by atoms with Crippen LogP contribution >= 0.6 is 0 Å². The van der Waals surface area contributed by atoms with E-state index in [0.29, 0.717) is 0 Å². The fourth-order valence-electron chi connectivity index (χ4n) is 5.98. The number of amidine groups is 1. The monoisotopic (exact) mass is 527 g/mol. The topological polar surface area (TPSA) is 53.7 Å². The van der Waals surface area contributed by atoms with Crippen molar-refractivity contribution in [2.24, 2.45) is 9.98 Å². The molecule has 2 aliphatic rings. The Hall–Kier alpha value is -5.42. The molecule has 0 aliphatic carbocycles. The fourth-order valence-corrected chi connectivity index (χ4v) is 5.98. The van der Waals surface area contributed by atoms with Gasteiger partial charge in [-0.15, -0.1) is 0 Å². The van der Waals surface area contributed by atoms with E-state index in [2.05, 4.69) is 101 Å². The number of aromatic nitrogens is 2. The highest BCUT2D eigenvalue weighted by molar-refractivity contribution is 6.19. The molecule has 0 fully saturated rings. The molecule has 0 bridgehead atoms. The molecule has 0 saturated heterocycles. The van der Waals surface area contributed by atoms with Crippen molar-refractivity contribution in [1.29, 1.82) is 0 Å². The van der Waals surface area contributed by atoms with Gasteiger partial charge in [0.2, 0.25) is 0 Å². The molecule has 8 rings (SSSR count). The van der Waals surface area contributed by atoms with Gasteiger partial charge in [0, 0.05) is 28.6 Å². The Morgan fingerprint density at radius 1 is 0.683 bits per heavy atom. The standard InChI is InChI=1S/C36H25N5/c1-4-11-24(12-5-1)30-21-31(40-36(39-30)25-13-6-2-7-14-25)27-19-26-15-10-18-32-34(26)29(20-27)35-33(22-37-23-38-35)41(32)28-16-8-3-9-17-28/h1-20,22-23,30H,21H2. The predicted octanol–water partition coefficient (Wildman–Crippen LogP) is 8.46.